The van der Waals surface area contributed by atoms with Crippen molar-refractivity contribution in [2.75, 3.05) is 27.4 Å². The molecule has 0 aliphatic rings. The summed E-state index contributed by atoms with van der Waals surface area (Å²) in [5, 5.41) is 1.25. The Kier molecular flexibility index (Phi) is 8.19. The van der Waals surface area contributed by atoms with Crippen molar-refractivity contribution in [1.82, 2.24) is 9.55 Å². The van der Waals surface area contributed by atoms with E-state index < -0.39 is 0 Å². The molecule has 0 aliphatic carbocycles. The molecule has 0 aliphatic heterocycles. The summed E-state index contributed by atoms with van der Waals surface area (Å²) in [7, 11) is 3.16. The molecule has 2 aromatic heterocycles. The number of hydrogen-bond acceptors (Lipinski definition) is 6. The Bertz CT molecular complexity index is 1260. The van der Waals surface area contributed by atoms with E-state index in [1.54, 1.807) is 7.11 Å². The summed E-state index contributed by atoms with van der Waals surface area (Å²) in [5.41, 5.74) is 3.25. The molecule has 34 heavy (non-hydrogen) atoms. The van der Waals surface area contributed by atoms with E-state index in [-0.39, 0.29) is 5.97 Å². The van der Waals surface area contributed by atoms with Crippen molar-refractivity contribution in [1.29, 1.82) is 0 Å². The third-order valence-corrected chi connectivity index (χ3v) is 7.05. The second-order valence-electron chi connectivity index (χ2n) is 8.35. The van der Waals surface area contributed by atoms with Gasteiger partial charge in [0.2, 0.25) is 0 Å². The second-order valence-corrected chi connectivity index (χ2v) is 9.60. The molecule has 0 saturated carbocycles. The SMILES string of the molecule is COCCCn1c(-c2c(C)sc3ccccc23)nc2ccc(OCCCCCC(=O)OC)cc21. The van der Waals surface area contributed by atoms with Crippen molar-refractivity contribution in [3.8, 4) is 17.1 Å². The van der Waals surface area contributed by atoms with Gasteiger partial charge in [-0.1, -0.05) is 18.2 Å². The quantitative estimate of drug-likeness (QED) is 0.174. The summed E-state index contributed by atoms with van der Waals surface area (Å²) in [5.74, 6) is 1.69. The lowest BCUT2D eigenvalue weighted by molar-refractivity contribution is -0.140. The highest BCUT2D eigenvalue weighted by Gasteiger charge is 2.19. The number of carbonyl (C=O) groups excluding carboxylic acids is 1. The van der Waals surface area contributed by atoms with Gasteiger partial charge in [-0.2, -0.15) is 0 Å². The van der Waals surface area contributed by atoms with Gasteiger partial charge in [-0.25, -0.2) is 4.98 Å². The standard InChI is InChI=1S/C27H32N2O4S/c1-19-26(21-10-6-7-11-24(21)34-19)27-28-22-14-13-20(18-23(22)29(27)15-9-16-31-2)33-17-8-4-5-12-25(30)32-3/h6-7,10-11,13-14,18H,4-5,8-9,12,15-17H2,1-3H3. The van der Waals surface area contributed by atoms with Crippen LogP contribution in [0, 0.1) is 6.92 Å². The van der Waals surface area contributed by atoms with Gasteiger partial charge >= 0.3 is 5.97 Å². The van der Waals surface area contributed by atoms with Crippen LogP contribution in [0.4, 0.5) is 0 Å². The van der Waals surface area contributed by atoms with Crippen LogP contribution < -0.4 is 4.74 Å². The van der Waals surface area contributed by atoms with E-state index >= 15 is 0 Å². The topological polar surface area (TPSA) is 62.6 Å². The first-order chi connectivity index (χ1) is 16.6. The number of imidazole rings is 1. The fraction of sp³-hybridized carbons (Fsp3) is 0.407. The second kappa shape index (κ2) is 11.5. The van der Waals surface area contributed by atoms with Crippen molar-refractivity contribution in [3.63, 3.8) is 0 Å². The number of fused-ring (bicyclic) bond motifs is 2. The largest absolute Gasteiger partial charge is 0.494 e. The number of nitrogens with zero attached hydrogens (tertiary/aromatic N) is 2. The lowest BCUT2D eigenvalue weighted by atomic mass is 10.1. The van der Waals surface area contributed by atoms with E-state index in [2.05, 4.69) is 46.6 Å². The van der Waals surface area contributed by atoms with Gasteiger partial charge < -0.3 is 18.8 Å². The zero-order valence-corrected chi connectivity index (χ0v) is 21.0. The number of unbranched alkanes of at least 4 members (excludes halogenated alkanes) is 2. The summed E-state index contributed by atoms with van der Waals surface area (Å²) in [4.78, 5) is 17.6. The van der Waals surface area contributed by atoms with Crippen LogP contribution in [-0.4, -0.2) is 43.0 Å². The molecule has 180 valence electrons. The molecule has 4 rings (SSSR count). The predicted octanol–water partition coefficient (Wildman–Crippen LogP) is 6.38. The smallest absolute Gasteiger partial charge is 0.305 e. The van der Waals surface area contributed by atoms with Crippen LogP contribution in [0.2, 0.25) is 0 Å². The van der Waals surface area contributed by atoms with Crippen LogP contribution in [0.3, 0.4) is 0 Å². The molecule has 0 fully saturated rings. The Morgan fingerprint density at radius 3 is 2.71 bits per heavy atom. The fourth-order valence-electron chi connectivity index (χ4n) is 4.26. The van der Waals surface area contributed by atoms with E-state index in [1.165, 1.54) is 27.6 Å². The summed E-state index contributed by atoms with van der Waals surface area (Å²) in [6, 6.07) is 14.7. The summed E-state index contributed by atoms with van der Waals surface area (Å²) in [6.07, 6.45) is 4.01. The summed E-state index contributed by atoms with van der Waals surface area (Å²) < 4.78 is 19.6. The molecular formula is C27H32N2O4S. The van der Waals surface area contributed by atoms with Crippen molar-refractivity contribution in [2.45, 2.75) is 45.6 Å². The number of aryl methyl sites for hydroxylation is 2. The molecular weight excluding hydrogens is 448 g/mol. The molecule has 2 aromatic carbocycles. The van der Waals surface area contributed by atoms with E-state index in [0.717, 1.165) is 54.8 Å². The van der Waals surface area contributed by atoms with E-state index in [9.17, 15) is 4.79 Å². The van der Waals surface area contributed by atoms with Gasteiger partial charge in [0.25, 0.3) is 0 Å². The highest BCUT2D eigenvalue weighted by atomic mass is 32.1. The van der Waals surface area contributed by atoms with Gasteiger partial charge in [-0.3, -0.25) is 4.79 Å². The molecule has 0 radical (unpaired) electrons. The van der Waals surface area contributed by atoms with Gasteiger partial charge in [-0.15, -0.1) is 11.3 Å². The van der Waals surface area contributed by atoms with Crippen LogP contribution in [0.5, 0.6) is 5.75 Å². The maximum atomic E-state index is 11.2. The molecule has 0 unspecified atom stereocenters. The highest BCUT2D eigenvalue weighted by molar-refractivity contribution is 7.19. The van der Waals surface area contributed by atoms with Crippen LogP contribution in [0.25, 0.3) is 32.5 Å². The average molecular weight is 481 g/mol. The van der Waals surface area contributed by atoms with Crippen molar-refractivity contribution in [3.05, 3.63) is 47.3 Å². The molecule has 0 saturated heterocycles. The van der Waals surface area contributed by atoms with Gasteiger partial charge in [0, 0.05) is 53.3 Å². The van der Waals surface area contributed by atoms with Crippen LogP contribution in [0.1, 0.15) is 37.0 Å². The number of rotatable bonds is 12. The Morgan fingerprint density at radius 1 is 1.03 bits per heavy atom. The lowest BCUT2D eigenvalue weighted by Gasteiger charge is -2.11. The van der Waals surface area contributed by atoms with Gasteiger partial charge in [0.15, 0.2) is 0 Å². The monoisotopic (exact) mass is 480 g/mol. The Hall–Kier alpha value is -2.90. The minimum absolute atomic E-state index is 0.155. The van der Waals surface area contributed by atoms with Crippen LogP contribution in [0.15, 0.2) is 42.5 Å². The molecule has 0 N–H and O–H groups in total. The molecule has 0 bridgehead atoms. The molecule has 2 heterocycles. The van der Waals surface area contributed by atoms with Crippen LogP contribution in [-0.2, 0) is 20.8 Å². The lowest BCUT2D eigenvalue weighted by Crippen LogP contribution is -2.04. The normalized spacial score (nSPS) is 11.4. The number of benzene rings is 2. The molecule has 0 amide bonds. The van der Waals surface area contributed by atoms with Crippen molar-refractivity contribution >= 4 is 38.4 Å². The van der Waals surface area contributed by atoms with E-state index in [0.29, 0.717) is 19.6 Å². The fourth-order valence-corrected chi connectivity index (χ4v) is 5.32. The Labute approximate surface area is 204 Å². The zero-order chi connectivity index (χ0) is 23.9. The predicted molar refractivity (Wildman–Crippen MR) is 138 cm³/mol. The summed E-state index contributed by atoms with van der Waals surface area (Å²) >= 11 is 1.81. The number of hydrogen-bond donors (Lipinski definition) is 0. The number of aromatic nitrogens is 2. The molecule has 7 heteroatoms. The minimum Gasteiger partial charge on any atom is -0.494 e. The first kappa shape index (κ1) is 24.2. The first-order valence-corrected chi connectivity index (χ1v) is 12.6. The zero-order valence-electron chi connectivity index (χ0n) is 20.1. The number of methoxy groups -OCH3 is 2. The molecule has 0 spiro atoms. The van der Waals surface area contributed by atoms with Gasteiger partial charge in [0.1, 0.15) is 11.6 Å². The molecule has 0 atom stereocenters. The maximum Gasteiger partial charge on any atom is 0.305 e. The number of esters is 1. The highest BCUT2D eigenvalue weighted by Crippen LogP contribution is 2.39. The molecule has 6 nitrogen and oxygen atoms in total. The third-order valence-electron chi connectivity index (χ3n) is 5.97. The van der Waals surface area contributed by atoms with Crippen molar-refractivity contribution < 1.29 is 19.0 Å². The van der Waals surface area contributed by atoms with E-state index in [1.807, 2.05) is 23.5 Å². The van der Waals surface area contributed by atoms with Crippen molar-refractivity contribution in [2.24, 2.45) is 0 Å². The number of thiophene rings is 1. The number of ether oxygens (including phenoxy) is 3. The first-order valence-electron chi connectivity index (χ1n) is 11.8. The molecule has 4 aromatic rings. The maximum absolute atomic E-state index is 11.2. The van der Waals surface area contributed by atoms with Crippen LogP contribution >= 0.6 is 11.3 Å². The minimum atomic E-state index is -0.155. The summed E-state index contributed by atoms with van der Waals surface area (Å²) in [6.45, 7) is 4.31. The Morgan fingerprint density at radius 2 is 1.88 bits per heavy atom. The van der Waals surface area contributed by atoms with Gasteiger partial charge in [-0.05, 0) is 50.8 Å². The Balaban J connectivity index is 1.58. The van der Waals surface area contributed by atoms with Gasteiger partial charge in [0.05, 0.1) is 24.8 Å². The van der Waals surface area contributed by atoms with E-state index in [4.69, 9.17) is 14.5 Å². The number of carbonyl (C=O) groups is 1. The third kappa shape index (κ3) is 5.42. The average Bonchev–Trinajstić information content (AvgIpc) is 3.37.